The van der Waals surface area contributed by atoms with Crippen LogP contribution in [-0.4, -0.2) is 29.5 Å². The topological polar surface area (TPSA) is 103 Å². The average Bonchev–Trinajstić information content (AvgIpc) is 3.29. The molecule has 0 bridgehead atoms. The van der Waals surface area contributed by atoms with E-state index in [1.54, 1.807) is 48.5 Å². The van der Waals surface area contributed by atoms with E-state index in [1.807, 2.05) is 0 Å². The quantitative estimate of drug-likeness (QED) is 0.394. The highest BCUT2D eigenvalue weighted by Gasteiger charge is 2.32. The molecule has 2 aromatic carbocycles. The van der Waals surface area contributed by atoms with Crippen LogP contribution in [0.4, 0.5) is 5.69 Å². The van der Waals surface area contributed by atoms with Crippen molar-refractivity contribution in [2.24, 2.45) is 0 Å². The molecular formula is C24H17NO6. The lowest BCUT2D eigenvalue weighted by atomic mass is 9.83. The third-order valence-corrected chi connectivity index (χ3v) is 4.80. The molecule has 0 saturated heterocycles. The molecule has 1 aliphatic carbocycles. The largest absolute Gasteiger partial charge is 0.465 e. The van der Waals surface area contributed by atoms with Crippen molar-refractivity contribution in [2.75, 3.05) is 5.32 Å². The minimum atomic E-state index is -1.13. The van der Waals surface area contributed by atoms with Gasteiger partial charge in [-0.25, -0.2) is 4.79 Å². The number of fused-ring (bicyclic) bond motifs is 2. The highest BCUT2D eigenvalue weighted by Crippen LogP contribution is 2.32. The van der Waals surface area contributed by atoms with Crippen LogP contribution >= 0.6 is 0 Å². The number of hydrogen-bond donors (Lipinski definition) is 1. The number of rotatable bonds is 5. The Bertz CT molecular complexity index is 1220. The van der Waals surface area contributed by atoms with Crippen LogP contribution in [0.1, 0.15) is 44.5 Å². The fourth-order valence-electron chi connectivity index (χ4n) is 3.29. The molecule has 1 aliphatic rings. The van der Waals surface area contributed by atoms with Gasteiger partial charge in [0.05, 0.1) is 17.5 Å². The lowest BCUT2D eigenvalue weighted by Gasteiger charge is -2.21. The molecule has 1 amide bonds. The van der Waals surface area contributed by atoms with Crippen LogP contribution in [0.25, 0.3) is 6.08 Å². The zero-order valence-corrected chi connectivity index (χ0v) is 16.5. The van der Waals surface area contributed by atoms with Gasteiger partial charge in [-0.2, -0.15) is 0 Å². The Morgan fingerprint density at radius 2 is 1.65 bits per heavy atom. The van der Waals surface area contributed by atoms with Crippen LogP contribution < -0.4 is 5.32 Å². The van der Waals surface area contributed by atoms with Crippen LogP contribution in [0.3, 0.4) is 0 Å². The number of ether oxygens (including phenoxy) is 1. The summed E-state index contributed by atoms with van der Waals surface area (Å²) in [5.41, 5.74) is 1.13. The summed E-state index contributed by atoms with van der Waals surface area (Å²) in [5, 5.41) is 2.59. The van der Waals surface area contributed by atoms with Crippen molar-refractivity contribution < 1.29 is 28.3 Å². The molecule has 1 atom stereocenters. The zero-order chi connectivity index (χ0) is 22.0. The maximum absolute atomic E-state index is 13.0. The molecule has 0 spiro atoms. The third kappa shape index (κ3) is 3.93. The molecule has 0 unspecified atom stereocenters. The van der Waals surface area contributed by atoms with Crippen molar-refractivity contribution in [3.63, 3.8) is 0 Å². The van der Waals surface area contributed by atoms with Crippen molar-refractivity contribution >= 4 is 35.2 Å². The Hall–Kier alpha value is -4.26. The number of amides is 1. The number of hydrogen-bond acceptors (Lipinski definition) is 6. The number of carbonyl (C=O) groups is 4. The minimum absolute atomic E-state index is 0.121. The standard InChI is InChI=1S/C24H17NO6/c1-14(31-20(26)12-11-15-6-5-13-30-15)24(29)25-19-10-4-9-18-21(19)23(28)17-8-3-2-7-16(17)22(18)27/h2-14H,1H3,(H,25,29)/b12-11+/t14-/m1/s1. The van der Waals surface area contributed by atoms with Gasteiger partial charge < -0.3 is 14.5 Å². The molecule has 0 fully saturated rings. The fourth-order valence-corrected chi connectivity index (χ4v) is 3.29. The van der Waals surface area contributed by atoms with Crippen molar-refractivity contribution in [3.05, 3.63) is 95.0 Å². The maximum Gasteiger partial charge on any atom is 0.331 e. The Morgan fingerprint density at radius 1 is 0.935 bits per heavy atom. The number of furan rings is 1. The third-order valence-electron chi connectivity index (χ3n) is 4.80. The van der Waals surface area contributed by atoms with E-state index >= 15 is 0 Å². The lowest BCUT2D eigenvalue weighted by Crippen LogP contribution is -2.31. The number of nitrogens with one attached hydrogen (secondary N) is 1. The van der Waals surface area contributed by atoms with Gasteiger partial charge in [-0.3, -0.25) is 14.4 Å². The molecule has 0 saturated carbocycles. The zero-order valence-electron chi connectivity index (χ0n) is 16.5. The van der Waals surface area contributed by atoms with Gasteiger partial charge in [0, 0.05) is 22.8 Å². The van der Waals surface area contributed by atoms with Gasteiger partial charge in [0.1, 0.15) is 5.76 Å². The predicted molar refractivity (Wildman–Crippen MR) is 112 cm³/mol. The highest BCUT2D eigenvalue weighted by atomic mass is 16.5. The van der Waals surface area contributed by atoms with Gasteiger partial charge >= 0.3 is 5.97 Å². The number of carbonyl (C=O) groups excluding carboxylic acids is 4. The first-order valence-electron chi connectivity index (χ1n) is 9.50. The molecule has 0 aliphatic heterocycles. The monoisotopic (exact) mass is 415 g/mol. The van der Waals surface area contributed by atoms with E-state index in [9.17, 15) is 19.2 Å². The highest BCUT2D eigenvalue weighted by molar-refractivity contribution is 6.30. The minimum Gasteiger partial charge on any atom is -0.465 e. The summed E-state index contributed by atoms with van der Waals surface area (Å²) in [4.78, 5) is 50.3. The second-order valence-electron chi connectivity index (χ2n) is 6.85. The predicted octanol–water partition coefficient (Wildman–Crippen LogP) is 3.64. The number of esters is 1. The first kappa shape index (κ1) is 20.0. The number of anilines is 1. The normalized spacial score (nSPS) is 13.5. The smallest absolute Gasteiger partial charge is 0.331 e. The molecule has 7 heteroatoms. The Kier molecular flexibility index (Phi) is 5.32. The lowest BCUT2D eigenvalue weighted by molar-refractivity contribution is -0.148. The molecule has 31 heavy (non-hydrogen) atoms. The summed E-state index contributed by atoms with van der Waals surface area (Å²) < 4.78 is 10.2. The average molecular weight is 415 g/mol. The van der Waals surface area contributed by atoms with E-state index in [1.165, 1.54) is 25.3 Å². The van der Waals surface area contributed by atoms with Crippen molar-refractivity contribution in [1.82, 2.24) is 0 Å². The van der Waals surface area contributed by atoms with Gasteiger partial charge in [0.2, 0.25) is 0 Å². The van der Waals surface area contributed by atoms with E-state index in [0.717, 1.165) is 6.08 Å². The molecule has 7 nitrogen and oxygen atoms in total. The Morgan fingerprint density at radius 3 is 2.35 bits per heavy atom. The van der Waals surface area contributed by atoms with Crippen LogP contribution in [-0.2, 0) is 14.3 Å². The van der Waals surface area contributed by atoms with Crippen molar-refractivity contribution in [3.8, 4) is 0 Å². The van der Waals surface area contributed by atoms with E-state index in [4.69, 9.17) is 9.15 Å². The molecule has 1 N–H and O–H groups in total. The van der Waals surface area contributed by atoms with E-state index < -0.39 is 18.0 Å². The fraction of sp³-hybridized carbons (Fsp3) is 0.0833. The van der Waals surface area contributed by atoms with Crippen LogP contribution in [0, 0.1) is 0 Å². The molecule has 3 aromatic rings. The summed E-state index contributed by atoms with van der Waals surface area (Å²) in [7, 11) is 0. The Labute approximate surface area is 177 Å². The summed E-state index contributed by atoms with van der Waals surface area (Å²) >= 11 is 0. The van der Waals surface area contributed by atoms with Gasteiger partial charge in [-0.05, 0) is 31.2 Å². The number of ketones is 2. The van der Waals surface area contributed by atoms with E-state index in [-0.39, 0.29) is 33.9 Å². The van der Waals surface area contributed by atoms with Gasteiger partial charge in [-0.1, -0.05) is 36.4 Å². The molecule has 154 valence electrons. The van der Waals surface area contributed by atoms with Crippen LogP contribution in [0.2, 0.25) is 0 Å². The molecule has 4 rings (SSSR count). The Balaban J connectivity index is 1.51. The molecule has 1 heterocycles. The maximum atomic E-state index is 13.0. The second-order valence-corrected chi connectivity index (χ2v) is 6.85. The molecule has 1 aromatic heterocycles. The summed E-state index contributed by atoms with van der Waals surface area (Å²) in [6.07, 6.45) is 2.90. The van der Waals surface area contributed by atoms with E-state index in [0.29, 0.717) is 11.3 Å². The van der Waals surface area contributed by atoms with Crippen LogP contribution in [0.5, 0.6) is 0 Å². The summed E-state index contributed by atoms with van der Waals surface area (Å²) in [6, 6.07) is 14.5. The summed E-state index contributed by atoms with van der Waals surface area (Å²) in [6.45, 7) is 1.41. The van der Waals surface area contributed by atoms with Gasteiger partial charge in [0.25, 0.3) is 5.91 Å². The van der Waals surface area contributed by atoms with Gasteiger partial charge in [-0.15, -0.1) is 0 Å². The summed E-state index contributed by atoms with van der Waals surface area (Å²) in [5.74, 6) is -1.54. The first-order chi connectivity index (χ1) is 15.0. The van der Waals surface area contributed by atoms with Crippen LogP contribution in [0.15, 0.2) is 71.4 Å². The van der Waals surface area contributed by atoms with E-state index in [2.05, 4.69) is 5.32 Å². The van der Waals surface area contributed by atoms with Crippen molar-refractivity contribution in [2.45, 2.75) is 13.0 Å². The van der Waals surface area contributed by atoms with Crippen molar-refractivity contribution in [1.29, 1.82) is 0 Å². The molecular weight excluding hydrogens is 398 g/mol. The molecule has 0 radical (unpaired) electrons. The van der Waals surface area contributed by atoms with Gasteiger partial charge in [0.15, 0.2) is 17.7 Å². The second kappa shape index (κ2) is 8.23. The number of benzene rings is 2. The first-order valence-corrected chi connectivity index (χ1v) is 9.50. The SMILES string of the molecule is C[C@@H](OC(=O)/C=C/c1ccco1)C(=O)Nc1cccc2c1C(=O)c1ccccc1C2=O.